The lowest BCUT2D eigenvalue weighted by molar-refractivity contribution is 0.0480. The monoisotopic (exact) mass is 455 g/mol. The van der Waals surface area contributed by atoms with Crippen molar-refractivity contribution in [2.24, 2.45) is 5.41 Å². The van der Waals surface area contributed by atoms with Crippen molar-refractivity contribution >= 4 is 15.9 Å². The Hall–Kier alpha value is -2.05. The van der Waals surface area contributed by atoms with Gasteiger partial charge in [0, 0.05) is 27.7 Å². The van der Waals surface area contributed by atoms with Gasteiger partial charge in [-0.2, -0.15) is 8.78 Å². The Bertz CT molecular complexity index is 1150. The molecule has 0 bridgehead atoms. The molecule has 6 heteroatoms. The van der Waals surface area contributed by atoms with Crippen molar-refractivity contribution in [1.82, 2.24) is 14.9 Å². The molecule has 1 saturated carbocycles. The van der Waals surface area contributed by atoms with Crippen molar-refractivity contribution in [1.29, 1.82) is 0 Å². The predicted molar refractivity (Wildman–Crippen MR) is 112 cm³/mol. The number of nitrogens with one attached hydrogen (secondary N) is 1. The first-order chi connectivity index (χ1) is 13.9. The van der Waals surface area contributed by atoms with Gasteiger partial charge in [-0.1, -0.05) is 34.1 Å². The molecule has 3 nitrogen and oxygen atoms in total. The summed E-state index contributed by atoms with van der Waals surface area (Å²) in [6.07, 6.45) is 5.51. The zero-order valence-corrected chi connectivity index (χ0v) is 17.6. The molecular weight excluding hydrogens is 436 g/mol. The van der Waals surface area contributed by atoms with E-state index in [0.29, 0.717) is 21.0 Å². The molecule has 29 heavy (non-hydrogen) atoms. The van der Waals surface area contributed by atoms with Gasteiger partial charge in [0.25, 0.3) is 5.92 Å². The molecule has 1 aliphatic heterocycles. The van der Waals surface area contributed by atoms with Gasteiger partial charge < -0.3 is 4.98 Å². The van der Waals surface area contributed by atoms with Gasteiger partial charge in [-0.3, -0.25) is 4.90 Å². The van der Waals surface area contributed by atoms with Crippen LogP contribution in [0.2, 0.25) is 0 Å². The third-order valence-corrected chi connectivity index (χ3v) is 7.38. The lowest BCUT2D eigenvalue weighted by Gasteiger charge is -2.16. The third-order valence-electron chi connectivity index (χ3n) is 6.89. The number of likely N-dealkylation sites (tertiary alicyclic amines) is 1. The number of benzene rings is 2. The molecule has 2 aromatic carbocycles. The fourth-order valence-corrected chi connectivity index (χ4v) is 5.49. The lowest BCUT2D eigenvalue weighted by Crippen LogP contribution is -2.19. The summed E-state index contributed by atoms with van der Waals surface area (Å²) < 4.78 is 31.0. The largest absolute Gasteiger partial charge is 0.341 e. The number of hydrogen-bond donors (Lipinski definition) is 1. The van der Waals surface area contributed by atoms with Crippen LogP contribution in [0, 0.1) is 5.41 Å². The van der Waals surface area contributed by atoms with Crippen LogP contribution in [0.25, 0.3) is 22.4 Å². The van der Waals surface area contributed by atoms with Crippen LogP contribution in [-0.4, -0.2) is 28.5 Å². The van der Waals surface area contributed by atoms with E-state index in [1.807, 2.05) is 12.1 Å². The average molecular weight is 456 g/mol. The summed E-state index contributed by atoms with van der Waals surface area (Å²) in [5, 5.41) is 0. The second-order valence-corrected chi connectivity index (χ2v) is 9.76. The van der Waals surface area contributed by atoms with Gasteiger partial charge in [-0.05, 0) is 61.1 Å². The minimum absolute atomic E-state index is 0.0617. The maximum Gasteiger partial charge on any atom is 0.299 e. The minimum atomic E-state index is -3.00. The van der Waals surface area contributed by atoms with Crippen LogP contribution in [0.5, 0.6) is 0 Å². The molecule has 1 atom stereocenters. The molecule has 2 heterocycles. The van der Waals surface area contributed by atoms with Gasteiger partial charge in [0.1, 0.15) is 5.82 Å². The molecule has 2 fully saturated rings. The van der Waals surface area contributed by atoms with Gasteiger partial charge in [0.2, 0.25) is 0 Å². The highest BCUT2D eigenvalue weighted by Gasteiger charge is 2.51. The van der Waals surface area contributed by atoms with Crippen molar-refractivity contribution < 1.29 is 8.78 Å². The first-order valence-corrected chi connectivity index (χ1v) is 10.7. The highest BCUT2D eigenvalue weighted by molar-refractivity contribution is 9.10. The molecule has 6 rings (SSSR count). The number of halogens is 3. The smallest absolute Gasteiger partial charge is 0.299 e. The van der Waals surface area contributed by atoms with E-state index < -0.39 is 5.92 Å². The van der Waals surface area contributed by atoms with Crippen LogP contribution in [0.1, 0.15) is 42.3 Å². The van der Waals surface area contributed by atoms with Crippen LogP contribution in [0.4, 0.5) is 8.78 Å². The van der Waals surface area contributed by atoms with Gasteiger partial charge in [-0.25, -0.2) is 4.98 Å². The number of imidazole rings is 1. The summed E-state index contributed by atoms with van der Waals surface area (Å²) in [5.74, 6) is -2.07. The van der Waals surface area contributed by atoms with E-state index in [-0.39, 0.29) is 17.2 Å². The second-order valence-electron chi connectivity index (χ2n) is 8.84. The Morgan fingerprint density at radius 1 is 1.10 bits per heavy atom. The van der Waals surface area contributed by atoms with Gasteiger partial charge in [0.05, 0.1) is 17.9 Å². The molecule has 1 aromatic heterocycles. The number of nitrogens with zero attached hydrogens (tertiary/aromatic N) is 2. The maximum atomic E-state index is 15.1. The van der Waals surface area contributed by atoms with Crippen molar-refractivity contribution in [3.63, 3.8) is 0 Å². The molecule has 2 aliphatic carbocycles. The van der Waals surface area contributed by atoms with E-state index in [0.717, 1.165) is 30.0 Å². The molecular formula is C23H20BrF2N3. The number of fused-ring (bicyclic) bond motifs is 3. The van der Waals surface area contributed by atoms with Crippen molar-refractivity contribution in [3.05, 3.63) is 64.0 Å². The van der Waals surface area contributed by atoms with E-state index in [1.165, 1.54) is 18.9 Å². The van der Waals surface area contributed by atoms with E-state index in [1.54, 1.807) is 24.4 Å². The summed E-state index contributed by atoms with van der Waals surface area (Å²) >= 11 is 3.31. The van der Waals surface area contributed by atoms with Gasteiger partial charge in [0.15, 0.2) is 0 Å². The second kappa shape index (κ2) is 5.76. The van der Waals surface area contributed by atoms with Crippen molar-refractivity contribution in [2.45, 2.75) is 31.2 Å². The average Bonchev–Trinajstić information content (AvgIpc) is 3.05. The molecule has 0 radical (unpaired) electrons. The van der Waals surface area contributed by atoms with Gasteiger partial charge in [-0.15, -0.1) is 0 Å². The Morgan fingerprint density at radius 2 is 1.83 bits per heavy atom. The number of alkyl halides is 2. The van der Waals surface area contributed by atoms with E-state index in [2.05, 4.69) is 37.8 Å². The van der Waals surface area contributed by atoms with Crippen LogP contribution in [0.3, 0.4) is 0 Å². The third kappa shape index (κ3) is 2.58. The van der Waals surface area contributed by atoms with Gasteiger partial charge >= 0.3 is 0 Å². The van der Waals surface area contributed by atoms with Crippen LogP contribution in [-0.2, 0) is 5.92 Å². The molecule has 1 unspecified atom stereocenters. The highest BCUT2D eigenvalue weighted by Crippen LogP contribution is 2.58. The predicted octanol–water partition coefficient (Wildman–Crippen LogP) is 6.12. The normalized spacial score (nSPS) is 23.4. The summed E-state index contributed by atoms with van der Waals surface area (Å²) in [4.78, 5) is 10.4. The van der Waals surface area contributed by atoms with Crippen molar-refractivity contribution in [2.75, 3.05) is 13.6 Å². The fourth-order valence-electron chi connectivity index (χ4n) is 5.13. The number of aromatic amines is 1. The van der Waals surface area contributed by atoms with E-state index in [9.17, 15) is 0 Å². The zero-order chi connectivity index (χ0) is 20.0. The maximum absolute atomic E-state index is 15.1. The number of rotatable bonds is 2. The number of aromatic nitrogens is 2. The number of hydrogen-bond acceptors (Lipinski definition) is 2. The minimum Gasteiger partial charge on any atom is -0.341 e. The van der Waals surface area contributed by atoms with E-state index in [4.69, 9.17) is 0 Å². The summed E-state index contributed by atoms with van der Waals surface area (Å²) in [5.41, 5.74) is 3.36. The van der Waals surface area contributed by atoms with Crippen molar-refractivity contribution in [3.8, 4) is 22.4 Å². The first-order valence-electron chi connectivity index (χ1n) is 9.95. The summed E-state index contributed by atoms with van der Waals surface area (Å²) in [6, 6.07) is 10.7. The van der Waals surface area contributed by atoms with Crippen LogP contribution < -0.4 is 0 Å². The Morgan fingerprint density at radius 3 is 2.55 bits per heavy atom. The summed E-state index contributed by atoms with van der Waals surface area (Å²) in [7, 11) is 2.14. The Kier molecular flexibility index (Phi) is 3.53. The molecule has 3 aromatic rings. The van der Waals surface area contributed by atoms with E-state index >= 15 is 8.78 Å². The van der Waals surface area contributed by atoms with Crippen LogP contribution >= 0.6 is 15.9 Å². The Labute approximate surface area is 176 Å². The standard InChI is InChI=1S/C23H20BrF2N3/c1-29-12-22(6-7-22)10-20(29)21-27-11-19(28-21)13-2-4-15-16-5-3-14(24)9-18(16)23(25,26)17(15)8-13/h2-5,8-9,11,20H,6-7,10,12H2,1H3,(H,27,28). The molecule has 148 valence electrons. The van der Waals surface area contributed by atoms with Crippen LogP contribution in [0.15, 0.2) is 47.1 Å². The SMILES string of the molecule is CN1CC2(CC2)CC1c1ncc(-c2ccc3c(c2)C(F)(F)c2cc(Br)ccc2-3)[nH]1. The Balaban J connectivity index is 1.37. The highest BCUT2D eigenvalue weighted by atomic mass is 79.9. The summed E-state index contributed by atoms with van der Waals surface area (Å²) in [6.45, 7) is 1.12. The molecule has 1 spiro atoms. The fraction of sp³-hybridized carbons (Fsp3) is 0.348. The zero-order valence-electron chi connectivity index (χ0n) is 16.0. The number of H-pyrrole nitrogens is 1. The lowest BCUT2D eigenvalue weighted by atomic mass is 10.0. The quantitative estimate of drug-likeness (QED) is 0.504. The topological polar surface area (TPSA) is 31.9 Å². The molecule has 1 N–H and O–H groups in total. The first kappa shape index (κ1) is 17.8. The molecule has 3 aliphatic rings. The molecule has 1 saturated heterocycles. The molecule has 0 amide bonds.